The van der Waals surface area contributed by atoms with Crippen LogP contribution in [0.1, 0.15) is 35.0 Å². The molecule has 1 fully saturated rings. The quantitative estimate of drug-likeness (QED) is 0.329. The lowest BCUT2D eigenvalue weighted by molar-refractivity contribution is -0.115. The Morgan fingerprint density at radius 1 is 0.914 bits per heavy atom. The molecule has 7 heteroatoms. The van der Waals surface area contributed by atoms with Crippen LogP contribution in [0.4, 0.5) is 5.69 Å². The summed E-state index contributed by atoms with van der Waals surface area (Å²) >= 11 is 1.43. The minimum Gasteiger partial charge on any atom is -0.325 e. The normalized spacial score (nSPS) is 14.7. The van der Waals surface area contributed by atoms with Crippen LogP contribution in [0.25, 0.3) is 5.69 Å². The topological polar surface area (TPSA) is 63.1 Å². The number of amides is 1. The molecular weight excluding hydrogens is 454 g/mol. The van der Waals surface area contributed by atoms with Gasteiger partial charge >= 0.3 is 0 Å². The van der Waals surface area contributed by atoms with Crippen LogP contribution in [-0.4, -0.2) is 38.7 Å². The van der Waals surface area contributed by atoms with E-state index in [9.17, 15) is 4.79 Å². The maximum Gasteiger partial charge on any atom is 0.242 e. The van der Waals surface area contributed by atoms with Gasteiger partial charge in [-0.25, -0.2) is 0 Å². The Morgan fingerprint density at radius 2 is 1.57 bits per heavy atom. The number of carbonyl (C=O) groups excluding carboxylic acids is 1. The summed E-state index contributed by atoms with van der Waals surface area (Å²) in [6, 6.07) is 27.9. The zero-order chi connectivity index (χ0) is 24.0. The number of hydrogen-bond acceptors (Lipinski definition) is 5. The highest BCUT2D eigenvalue weighted by atomic mass is 32.2. The summed E-state index contributed by atoms with van der Waals surface area (Å²) in [5.74, 6) is 0.806. The summed E-state index contributed by atoms with van der Waals surface area (Å²) < 4.78 is 2.10. The van der Waals surface area contributed by atoms with E-state index in [1.165, 1.54) is 24.6 Å². The third-order valence-electron chi connectivity index (χ3n) is 6.16. The fourth-order valence-electron chi connectivity index (χ4n) is 4.31. The van der Waals surface area contributed by atoms with Crippen molar-refractivity contribution >= 4 is 23.4 Å². The van der Waals surface area contributed by atoms with Crippen molar-refractivity contribution in [1.82, 2.24) is 19.7 Å². The molecule has 1 aliphatic heterocycles. The average Bonchev–Trinajstić information content (AvgIpc) is 3.55. The molecule has 0 unspecified atom stereocenters. The van der Waals surface area contributed by atoms with E-state index >= 15 is 0 Å². The molecule has 6 nitrogen and oxygen atoms in total. The molecule has 178 valence electrons. The molecule has 0 spiro atoms. The van der Waals surface area contributed by atoms with E-state index in [0.717, 1.165) is 48.0 Å². The zero-order valence-electron chi connectivity index (χ0n) is 19.8. The molecule has 0 bridgehead atoms. The summed E-state index contributed by atoms with van der Waals surface area (Å²) in [6.07, 6.45) is 2.44. The molecule has 0 saturated carbocycles. The van der Waals surface area contributed by atoms with Gasteiger partial charge in [-0.2, -0.15) is 0 Å². The van der Waals surface area contributed by atoms with Crippen LogP contribution in [0.15, 0.2) is 90.1 Å². The standard InChI is InChI=1S/C28H29N5OS/c1-21-14-16-23(17-15-21)29-27(34)26(22-10-4-2-5-11-22)35-28-31-30-25(20-32-18-8-9-19-32)33(28)24-12-6-3-7-13-24/h2-7,10-17,26H,8-9,18-20H2,1H3,(H,29,34)/t26-/m0/s1. The summed E-state index contributed by atoms with van der Waals surface area (Å²) in [5.41, 5.74) is 3.85. The van der Waals surface area contributed by atoms with Crippen LogP contribution in [0.5, 0.6) is 0 Å². The van der Waals surface area contributed by atoms with Crippen LogP contribution in [0, 0.1) is 6.92 Å². The van der Waals surface area contributed by atoms with E-state index in [-0.39, 0.29) is 5.91 Å². The van der Waals surface area contributed by atoms with Crippen LogP contribution in [0.3, 0.4) is 0 Å². The molecule has 0 aliphatic carbocycles. The lowest BCUT2D eigenvalue weighted by Gasteiger charge is -2.19. The molecule has 2 heterocycles. The predicted octanol–water partition coefficient (Wildman–Crippen LogP) is 5.64. The molecule has 5 rings (SSSR count). The monoisotopic (exact) mass is 483 g/mol. The maximum absolute atomic E-state index is 13.5. The fraction of sp³-hybridized carbons (Fsp3) is 0.250. The largest absolute Gasteiger partial charge is 0.325 e. The van der Waals surface area contributed by atoms with Gasteiger partial charge in [-0.3, -0.25) is 14.3 Å². The number of nitrogens with one attached hydrogen (secondary N) is 1. The number of carbonyl (C=O) groups is 1. The second kappa shape index (κ2) is 10.9. The first kappa shape index (κ1) is 23.3. The zero-order valence-corrected chi connectivity index (χ0v) is 20.6. The number of para-hydroxylation sites is 1. The van der Waals surface area contributed by atoms with E-state index in [2.05, 4.69) is 37.1 Å². The van der Waals surface area contributed by atoms with Crippen molar-refractivity contribution in [2.75, 3.05) is 18.4 Å². The second-order valence-electron chi connectivity index (χ2n) is 8.82. The van der Waals surface area contributed by atoms with Gasteiger partial charge < -0.3 is 5.32 Å². The first-order chi connectivity index (χ1) is 17.2. The van der Waals surface area contributed by atoms with Gasteiger partial charge in [0.2, 0.25) is 5.91 Å². The van der Waals surface area contributed by atoms with Gasteiger partial charge in [0.25, 0.3) is 0 Å². The molecule has 1 amide bonds. The highest BCUT2D eigenvalue weighted by molar-refractivity contribution is 8.00. The van der Waals surface area contributed by atoms with Crippen LogP contribution in [0.2, 0.25) is 0 Å². The number of nitrogens with zero attached hydrogens (tertiary/aromatic N) is 4. The molecule has 35 heavy (non-hydrogen) atoms. The van der Waals surface area contributed by atoms with E-state index in [1.54, 1.807) is 0 Å². The molecule has 1 aromatic heterocycles. The Kier molecular flexibility index (Phi) is 7.25. The van der Waals surface area contributed by atoms with Crippen LogP contribution in [-0.2, 0) is 11.3 Å². The number of anilines is 1. The lowest BCUT2D eigenvalue weighted by Crippen LogP contribution is -2.21. The Labute approximate surface area is 210 Å². The molecule has 1 aliphatic rings. The highest BCUT2D eigenvalue weighted by Crippen LogP contribution is 2.37. The van der Waals surface area contributed by atoms with Gasteiger partial charge in [0, 0.05) is 11.4 Å². The van der Waals surface area contributed by atoms with Gasteiger partial charge in [0.05, 0.1) is 6.54 Å². The van der Waals surface area contributed by atoms with Crippen molar-refractivity contribution in [1.29, 1.82) is 0 Å². The van der Waals surface area contributed by atoms with Crippen LogP contribution < -0.4 is 5.32 Å². The molecule has 1 saturated heterocycles. The number of hydrogen-bond donors (Lipinski definition) is 1. The summed E-state index contributed by atoms with van der Waals surface area (Å²) in [5, 5.41) is 12.5. The Hall–Kier alpha value is -3.42. The number of thioether (sulfide) groups is 1. The van der Waals surface area contributed by atoms with E-state index in [4.69, 9.17) is 0 Å². The average molecular weight is 484 g/mol. The number of benzene rings is 3. The van der Waals surface area contributed by atoms with Gasteiger partial charge in [0.1, 0.15) is 5.25 Å². The first-order valence-corrected chi connectivity index (χ1v) is 12.9. The first-order valence-electron chi connectivity index (χ1n) is 12.0. The van der Waals surface area contributed by atoms with Gasteiger partial charge in [-0.15, -0.1) is 10.2 Å². The smallest absolute Gasteiger partial charge is 0.242 e. The van der Waals surface area contributed by atoms with Crippen molar-refractivity contribution in [3.8, 4) is 5.69 Å². The Morgan fingerprint density at radius 3 is 2.26 bits per heavy atom. The number of aryl methyl sites for hydroxylation is 1. The van der Waals surface area contributed by atoms with Gasteiger partial charge in [0.15, 0.2) is 11.0 Å². The summed E-state index contributed by atoms with van der Waals surface area (Å²) in [7, 11) is 0. The Balaban J connectivity index is 1.48. The Bertz CT molecular complexity index is 1250. The third kappa shape index (κ3) is 5.63. The van der Waals surface area contributed by atoms with Crippen molar-refractivity contribution in [2.24, 2.45) is 0 Å². The van der Waals surface area contributed by atoms with Gasteiger partial charge in [-0.05, 0) is 62.7 Å². The summed E-state index contributed by atoms with van der Waals surface area (Å²) in [6.45, 7) is 4.93. The fourth-order valence-corrected chi connectivity index (χ4v) is 5.38. The molecule has 1 N–H and O–H groups in total. The minimum atomic E-state index is -0.483. The highest BCUT2D eigenvalue weighted by Gasteiger charge is 2.27. The minimum absolute atomic E-state index is 0.0891. The number of rotatable bonds is 8. The lowest BCUT2D eigenvalue weighted by atomic mass is 10.1. The molecule has 3 aromatic carbocycles. The van der Waals surface area contributed by atoms with E-state index in [0.29, 0.717) is 5.16 Å². The second-order valence-corrected chi connectivity index (χ2v) is 9.89. The van der Waals surface area contributed by atoms with Gasteiger partial charge in [-0.1, -0.05) is 78.0 Å². The van der Waals surface area contributed by atoms with Crippen molar-refractivity contribution in [2.45, 2.75) is 36.7 Å². The van der Waals surface area contributed by atoms with Crippen molar-refractivity contribution in [3.63, 3.8) is 0 Å². The van der Waals surface area contributed by atoms with Crippen LogP contribution >= 0.6 is 11.8 Å². The van der Waals surface area contributed by atoms with Crippen molar-refractivity contribution in [3.05, 3.63) is 102 Å². The maximum atomic E-state index is 13.5. The number of likely N-dealkylation sites (tertiary alicyclic amines) is 1. The summed E-state index contributed by atoms with van der Waals surface area (Å²) in [4.78, 5) is 16.0. The molecule has 1 atom stereocenters. The molecular formula is C28H29N5OS. The van der Waals surface area contributed by atoms with E-state index in [1.807, 2.05) is 79.7 Å². The molecule has 0 radical (unpaired) electrons. The van der Waals surface area contributed by atoms with Crippen molar-refractivity contribution < 1.29 is 4.79 Å². The molecule has 4 aromatic rings. The number of aromatic nitrogens is 3. The SMILES string of the molecule is Cc1ccc(NC(=O)[C@@H](Sc2nnc(CN3CCCC3)n2-c2ccccc2)c2ccccc2)cc1. The van der Waals surface area contributed by atoms with E-state index < -0.39 is 5.25 Å². The predicted molar refractivity (Wildman–Crippen MR) is 141 cm³/mol. The third-order valence-corrected chi connectivity index (χ3v) is 7.36.